The van der Waals surface area contributed by atoms with Crippen LogP contribution < -0.4 is 5.56 Å². The maximum Gasteiger partial charge on any atom is 0.278 e. The molecular weight excluding hydrogens is 377 g/mol. The number of likely N-dealkylation sites (tertiary alicyclic amines) is 1. The molecule has 0 aliphatic carbocycles. The fraction of sp³-hybridized carbons (Fsp3) is 0.300. The highest BCUT2D eigenvalue weighted by atomic mass is 19.1. The zero-order valence-corrected chi connectivity index (χ0v) is 15.5. The van der Waals surface area contributed by atoms with Crippen molar-refractivity contribution in [1.82, 2.24) is 24.4 Å². The summed E-state index contributed by atoms with van der Waals surface area (Å²) in [4.78, 5) is 44.9. The van der Waals surface area contributed by atoms with Crippen LogP contribution in [0.5, 0.6) is 0 Å². The van der Waals surface area contributed by atoms with Gasteiger partial charge in [0, 0.05) is 19.0 Å². The molecule has 4 heterocycles. The first-order chi connectivity index (χ1) is 14.0. The van der Waals surface area contributed by atoms with E-state index in [1.807, 2.05) is 0 Å². The maximum absolute atomic E-state index is 13.1. The van der Waals surface area contributed by atoms with Crippen LogP contribution in [0.25, 0.3) is 16.9 Å². The number of aromatic nitrogens is 3. The van der Waals surface area contributed by atoms with E-state index in [9.17, 15) is 18.8 Å². The van der Waals surface area contributed by atoms with E-state index in [2.05, 4.69) is 10.1 Å². The summed E-state index contributed by atoms with van der Waals surface area (Å²) in [5.41, 5.74) is 2.61. The van der Waals surface area contributed by atoms with E-state index in [0.717, 1.165) is 12.0 Å². The van der Waals surface area contributed by atoms with Crippen molar-refractivity contribution >= 4 is 17.5 Å². The summed E-state index contributed by atoms with van der Waals surface area (Å²) in [6, 6.07) is 7.68. The van der Waals surface area contributed by atoms with Gasteiger partial charge in [-0.05, 0) is 36.2 Å². The van der Waals surface area contributed by atoms with Crippen molar-refractivity contribution in [3.8, 4) is 11.3 Å². The highest BCUT2D eigenvalue weighted by molar-refractivity contribution is 5.86. The van der Waals surface area contributed by atoms with Gasteiger partial charge in [-0.15, -0.1) is 0 Å². The predicted molar refractivity (Wildman–Crippen MR) is 101 cm³/mol. The first-order valence-corrected chi connectivity index (χ1v) is 9.44. The molecule has 0 saturated carbocycles. The topological polar surface area (TPSA) is 90.8 Å². The Bertz CT molecular complexity index is 1200. The van der Waals surface area contributed by atoms with Crippen LogP contribution in [-0.4, -0.2) is 49.3 Å². The number of carbonyl (C=O) groups is 2. The second-order valence-corrected chi connectivity index (χ2v) is 7.38. The molecule has 0 unspecified atom stereocenters. The molecule has 1 fully saturated rings. The monoisotopic (exact) mass is 395 g/mol. The largest absolute Gasteiger partial charge is 0.333 e. The van der Waals surface area contributed by atoms with Gasteiger partial charge in [-0.1, -0.05) is 0 Å². The predicted octanol–water partition coefficient (Wildman–Crippen LogP) is 1.29. The second-order valence-electron chi connectivity index (χ2n) is 7.38. The summed E-state index contributed by atoms with van der Waals surface area (Å²) >= 11 is 0. The highest BCUT2D eigenvalue weighted by Crippen LogP contribution is 2.23. The fourth-order valence-corrected chi connectivity index (χ4v) is 3.91. The molecule has 5 rings (SSSR count). The molecule has 1 aromatic carbocycles. The lowest BCUT2D eigenvalue weighted by molar-refractivity contribution is -0.138. The Morgan fingerprint density at radius 3 is 2.69 bits per heavy atom. The summed E-state index contributed by atoms with van der Waals surface area (Å²) in [5.74, 6) is -0.521. The van der Waals surface area contributed by atoms with Gasteiger partial charge < -0.3 is 9.80 Å². The minimum atomic E-state index is -0.334. The average molecular weight is 395 g/mol. The maximum atomic E-state index is 13.1. The normalized spacial score (nSPS) is 16.1. The Kier molecular flexibility index (Phi) is 3.97. The summed E-state index contributed by atoms with van der Waals surface area (Å²) in [5, 5.41) is 3.00. The number of amides is 2. The lowest BCUT2D eigenvalue weighted by atomic mass is 10.1. The fourth-order valence-electron chi connectivity index (χ4n) is 3.91. The van der Waals surface area contributed by atoms with Crippen LogP contribution in [0.1, 0.15) is 24.1 Å². The quantitative estimate of drug-likeness (QED) is 0.724. The van der Waals surface area contributed by atoms with Crippen molar-refractivity contribution in [3.05, 3.63) is 57.8 Å². The molecule has 0 radical (unpaired) electrons. The van der Waals surface area contributed by atoms with Gasteiger partial charge in [0.15, 0.2) is 5.65 Å². The lowest BCUT2D eigenvalue weighted by Gasteiger charge is -2.20. The van der Waals surface area contributed by atoms with Gasteiger partial charge in [-0.25, -0.2) is 13.9 Å². The van der Waals surface area contributed by atoms with Gasteiger partial charge in [0.1, 0.15) is 5.82 Å². The van der Waals surface area contributed by atoms with Crippen LogP contribution >= 0.6 is 0 Å². The first-order valence-electron chi connectivity index (χ1n) is 9.44. The molecular formula is C20H18FN5O3. The molecule has 29 heavy (non-hydrogen) atoms. The Hall–Kier alpha value is -3.49. The Balaban J connectivity index is 1.41. The number of halogens is 1. The van der Waals surface area contributed by atoms with Crippen molar-refractivity contribution in [2.24, 2.45) is 0 Å². The van der Waals surface area contributed by atoms with Crippen molar-refractivity contribution in [1.29, 1.82) is 0 Å². The molecule has 0 spiro atoms. The molecule has 9 heteroatoms. The van der Waals surface area contributed by atoms with E-state index < -0.39 is 0 Å². The standard InChI is InChI=1S/C20H18FN5O3/c21-13-5-3-12(4-6-13)15-8-17-22-16-10-25(9-14(16)20(29)26(17)23-15)19(28)11-24-7-1-2-18(24)27/h3-6,8,23H,1-2,7,9-11H2. The van der Waals surface area contributed by atoms with E-state index in [-0.39, 0.29) is 42.8 Å². The SMILES string of the molecule is O=C1CCCN1CC(=O)N1Cc2nc3cc(-c4ccc(F)cc4)[nH]n3c(=O)c2C1. The van der Waals surface area contributed by atoms with Crippen LogP contribution in [-0.2, 0) is 22.7 Å². The van der Waals surface area contributed by atoms with E-state index >= 15 is 0 Å². The molecule has 1 N–H and O–H groups in total. The number of rotatable bonds is 3. The Morgan fingerprint density at radius 2 is 1.97 bits per heavy atom. The van der Waals surface area contributed by atoms with E-state index in [1.165, 1.54) is 16.6 Å². The average Bonchev–Trinajstić information content (AvgIpc) is 3.42. The van der Waals surface area contributed by atoms with Crippen LogP contribution in [0.15, 0.2) is 35.1 Å². The summed E-state index contributed by atoms with van der Waals surface area (Å²) in [6.45, 7) is 1.07. The van der Waals surface area contributed by atoms with Crippen LogP contribution in [0.2, 0.25) is 0 Å². The van der Waals surface area contributed by atoms with Gasteiger partial charge in [-0.3, -0.25) is 19.5 Å². The lowest BCUT2D eigenvalue weighted by Crippen LogP contribution is -2.38. The number of hydrogen-bond acceptors (Lipinski definition) is 4. The number of H-pyrrole nitrogens is 1. The molecule has 0 bridgehead atoms. The Labute approximate surface area is 164 Å². The number of carbonyl (C=O) groups excluding carboxylic acids is 2. The van der Waals surface area contributed by atoms with E-state index in [4.69, 9.17) is 0 Å². The molecule has 2 amide bonds. The first kappa shape index (κ1) is 17.6. The Morgan fingerprint density at radius 1 is 1.17 bits per heavy atom. The number of benzene rings is 1. The van der Waals surface area contributed by atoms with Crippen LogP contribution in [0.3, 0.4) is 0 Å². The van der Waals surface area contributed by atoms with Crippen molar-refractivity contribution in [3.63, 3.8) is 0 Å². The molecule has 2 aliphatic rings. The third-order valence-corrected chi connectivity index (χ3v) is 5.49. The number of nitrogens with zero attached hydrogens (tertiary/aromatic N) is 4. The number of nitrogens with one attached hydrogen (secondary N) is 1. The minimum Gasteiger partial charge on any atom is -0.333 e. The summed E-state index contributed by atoms with van der Waals surface area (Å²) < 4.78 is 14.5. The zero-order chi connectivity index (χ0) is 20.1. The van der Waals surface area contributed by atoms with Gasteiger partial charge in [0.05, 0.1) is 36.6 Å². The summed E-state index contributed by atoms with van der Waals surface area (Å²) in [6.07, 6.45) is 1.26. The third kappa shape index (κ3) is 2.98. The molecule has 148 valence electrons. The van der Waals surface area contributed by atoms with Crippen molar-refractivity contribution in [2.45, 2.75) is 25.9 Å². The van der Waals surface area contributed by atoms with Crippen LogP contribution in [0, 0.1) is 5.82 Å². The summed E-state index contributed by atoms with van der Waals surface area (Å²) in [7, 11) is 0. The molecule has 2 aromatic heterocycles. The second kappa shape index (κ2) is 6.54. The molecule has 2 aliphatic heterocycles. The van der Waals surface area contributed by atoms with E-state index in [1.54, 1.807) is 28.0 Å². The zero-order valence-electron chi connectivity index (χ0n) is 15.5. The molecule has 0 atom stereocenters. The van der Waals surface area contributed by atoms with Gasteiger partial charge in [0.25, 0.3) is 5.56 Å². The van der Waals surface area contributed by atoms with E-state index in [0.29, 0.717) is 35.6 Å². The highest BCUT2D eigenvalue weighted by Gasteiger charge is 2.31. The number of hydrogen-bond donors (Lipinski definition) is 1. The van der Waals surface area contributed by atoms with Gasteiger partial charge in [0.2, 0.25) is 11.8 Å². The molecule has 8 nitrogen and oxygen atoms in total. The third-order valence-electron chi connectivity index (χ3n) is 5.49. The van der Waals surface area contributed by atoms with Crippen molar-refractivity contribution in [2.75, 3.05) is 13.1 Å². The smallest absolute Gasteiger partial charge is 0.278 e. The minimum absolute atomic E-state index is 0.00473. The number of fused-ring (bicyclic) bond motifs is 2. The van der Waals surface area contributed by atoms with Gasteiger partial charge >= 0.3 is 0 Å². The molecule has 3 aromatic rings. The molecule has 1 saturated heterocycles. The number of aromatic amines is 1. The van der Waals surface area contributed by atoms with Gasteiger partial charge in [-0.2, -0.15) is 0 Å². The van der Waals surface area contributed by atoms with Crippen LogP contribution in [0.4, 0.5) is 4.39 Å². The van der Waals surface area contributed by atoms with Crippen molar-refractivity contribution < 1.29 is 14.0 Å².